The smallest absolute Gasteiger partial charge is 0.344 e. The molecule has 0 bridgehead atoms. The summed E-state index contributed by atoms with van der Waals surface area (Å²) in [6, 6.07) is 0. The number of ether oxygens (including phenoxy) is 2. The minimum Gasteiger partial charge on any atom is -0.456 e. The summed E-state index contributed by atoms with van der Waals surface area (Å²) >= 11 is 0. The lowest BCUT2D eigenvalue weighted by Crippen LogP contribution is -2.50. The van der Waals surface area contributed by atoms with Crippen LogP contribution in [0.25, 0.3) is 0 Å². The van der Waals surface area contributed by atoms with Crippen molar-refractivity contribution >= 4 is 11.9 Å². The van der Waals surface area contributed by atoms with Crippen molar-refractivity contribution in [1.82, 2.24) is 0 Å². The summed E-state index contributed by atoms with van der Waals surface area (Å²) in [5.74, 6) is -0.766. The van der Waals surface area contributed by atoms with E-state index >= 15 is 0 Å². The summed E-state index contributed by atoms with van der Waals surface area (Å²) in [6.07, 6.45) is 6.77. The maximum Gasteiger partial charge on any atom is 0.344 e. The molecule has 4 nitrogen and oxygen atoms in total. The first-order chi connectivity index (χ1) is 10.6. The van der Waals surface area contributed by atoms with Gasteiger partial charge < -0.3 is 9.47 Å². The molecule has 0 atom stereocenters. The zero-order chi connectivity index (χ0) is 17.7. The molecule has 1 aliphatic carbocycles. The van der Waals surface area contributed by atoms with Gasteiger partial charge in [0.05, 0.1) is 5.41 Å². The lowest BCUT2D eigenvalue weighted by molar-refractivity contribution is -0.190. The van der Waals surface area contributed by atoms with E-state index in [4.69, 9.17) is 9.47 Å². The van der Waals surface area contributed by atoms with Crippen LogP contribution in [0, 0.1) is 10.8 Å². The van der Waals surface area contributed by atoms with Crippen molar-refractivity contribution in [3.05, 3.63) is 0 Å². The van der Waals surface area contributed by atoms with Gasteiger partial charge in [0.2, 0.25) is 0 Å². The quantitative estimate of drug-likeness (QED) is 0.639. The van der Waals surface area contributed by atoms with Crippen molar-refractivity contribution in [3.8, 4) is 0 Å². The highest BCUT2D eigenvalue weighted by Gasteiger charge is 2.47. The van der Waals surface area contributed by atoms with E-state index in [0.717, 1.165) is 32.1 Å². The molecule has 0 amide bonds. The number of esters is 2. The van der Waals surface area contributed by atoms with Gasteiger partial charge in [-0.3, -0.25) is 4.79 Å². The van der Waals surface area contributed by atoms with E-state index in [-0.39, 0.29) is 18.0 Å². The van der Waals surface area contributed by atoms with Gasteiger partial charge in [0, 0.05) is 5.41 Å². The SMILES string of the molecule is CCC(C)(C)C(=O)OCC(=O)OC1(C(C)(C)CC)CCCCC1. The molecule has 0 aromatic heterocycles. The van der Waals surface area contributed by atoms with Gasteiger partial charge in [-0.1, -0.05) is 34.1 Å². The fraction of sp³-hybridized carbons (Fsp3) is 0.895. The number of rotatable bonds is 7. The number of carbonyl (C=O) groups excluding carboxylic acids is 2. The van der Waals surface area contributed by atoms with Crippen LogP contribution < -0.4 is 0 Å². The van der Waals surface area contributed by atoms with Crippen LogP contribution in [0.15, 0.2) is 0 Å². The maximum absolute atomic E-state index is 12.3. The van der Waals surface area contributed by atoms with E-state index in [9.17, 15) is 9.59 Å². The van der Waals surface area contributed by atoms with Crippen LogP contribution in [-0.4, -0.2) is 24.1 Å². The van der Waals surface area contributed by atoms with Gasteiger partial charge in [0.15, 0.2) is 6.61 Å². The molecule has 1 rings (SSSR count). The van der Waals surface area contributed by atoms with Gasteiger partial charge in [-0.25, -0.2) is 4.79 Å². The van der Waals surface area contributed by atoms with Gasteiger partial charge in [0.1, 0.15) is 5.60 Å². The molecule has 1 saturated carbocycles. The summed E-state index contributed by atoms with van der Waals surface area (Å²) < 4.78 is 11.1. The Kier molecular flexibility index (Phi) is 6.67. The first kappa shape index (κ1) is 20.0. The molecule has 1 aliphatic rings. The maximum atomic E-state index is 12.3. The van der Waals surface area contributed by atoms with Crippen molar-refractivity contribution in [2.75, 3.05) is 6.61 Å². The molecule has 0 spiro atoms. The Morgan fingerprint density at radius 2 is 1.52 bits per heavy atom. The topological polar surface area (TPSA) is 52.6 Å². The van der Waals surface area contributed by atoms with Crippen molar-refractivity contribution in [2.45, 2.75) is 92.1 Å². The molecule has 0 unspecified atom stereocenters. The van der Waals surface area contributed by atoms with E-state index < -0.39 is 17.0 Å². The number of hydrogen-bond donors (Lipinski definition) is 0. The van der Waals surface area contributed by atoms with Gasteiger partial charge >= 0.3 is 11.9 Å². The zero-order valence-electron chi connectivity index (χ0n) is 15.8. The van der Waals surface area contributed by atoms with E-state index in [2.05, 4.69) is 20.8 Å². The second-order valence-corrected chi connectivity index (χ2v) is 8.08. The van der Waals surface area contributed by atoms with Crippen molar-refractivity contribution in [3.63, 3.8) is 0 Å². The van der Waals surface area contributed by atoms with Crippen molar-refractivity contribution in [1.29, 1.82) is 0 Å². The van der Waals surface area contributed by atoms with E-state index in [1.165, 1.54) is 6.42 Å². The Bertz CT molecular complexity index is 417. The molecule has 0 N–H and O–H groups in total. The molecule has 23 heavy (non-hydrogen) atoms. The third-order valence-corrected chi connectivity index (χ3v) is 5.85. The normalized spacial score (nSPS) is 18.3. The Balaban J connectivity index is 2.70. The first-order valence-electron chi connectivity index (χ1n) is 8.99. The lowest BCUT2D eigenvalue weighted by atomic mass is 9.65. The largest absolute Gasteiger partial charge is 0.456 e. The summed E-state index contributed by atoms with van der Waals surface area (Å²) in [7, 11) is 0. The lowest BCUT2D eigenvalue weighted by Gasteiger charge is -2.48. The molecular formula is C19H34O4. The van der Waals surface area contributed by atoms with Gasteiger partial charge in [0.25, 0.3) is 0 Å². The molecule has 134 valence electrons. The van der Waals surface area contributed by atoms with Crippen LogP contribution in [0.4, 0.5) is 0 Å². The van der Waals surface area contributed by atoms with Gasteiger partial charge in [-0.05, 0) is 52.4 Å². The predicted molar refractivity (Wildman–Crippen MR) is 91.0 cm³/mol. The highest BCUT2D eigenvalue weighted by molar-refractivity contribution is 5.80. The molecule has 0 radical (unpaired) electrons. The zero-order valence-corrected chi connectivity index (χ0v) is 15.8. The highest BCUT2D eigenvalue weighted by atomic mass is 16.6. The average molecular weight is 326 g/mol. The minimum atomic E-state index is -0.564. The highest BCUT2D eigenvalue weighted by Crippen LogP contribution is 2.47. The van der Waals surface area contributed by atoms with Crippen molar-refractivity contribution in [2.24, 2.45) is 10.8 Å². The standard InChI is InChI=1S/C19H34O4/c1-7-17(3,4)16(21)22-14-15(20)23-19(18(5,6)8-2)12-10-9-11-13-19/h7-14H2,1-6H3. The Morgan fingerprint density at radius 1 is 0.957 bits per heavy atom. The fourth-order valence-electron chi connectivity index (χ4n) is 3.07. The van der Waals surface area contributed by atoms with Crippen LogP contribution in [-0.2, 0) is 19.1 Å². The van der Waals surface area contributed by atoms with Crippen LogP contribution >= 0.6 is 0 Å². The monoisotopic (exact) mass is 326 g/mol. The van der Waals surface area contributed by atoms with E-state index in [1.807, 2.05) is 20.8 Å². The molecule has 0 heterocycles. The second kappa shape index (κ2) is 7.67. The van der Waals surface area contributed by atoms with Crippen LogP contribution in [0.5, 0.6) is 0 Å². The van der Waals surface area contributed by atoms with Crippen molar-refractivity contribution < 1.29 is 19.1 Å². The fourth-order valence-corrected chi connectivity index (χ4v) is 3.07. The molecule has 0 aromatic rings. The molecule has 0 aromatic carbocycles. The summed E-state index contributed by atoms with van der Waals surface area (Å²) in [4.78, 5) is 24.3. The molecule has 0 saturated heterocycles. The first-order valence-corrected chi connectivity index (χ1v) is 8.99. The third kappa shape index (κ3) is 4.71. The number of hydrogen-bond acceptors (Lipinski definition) is 4. The second-order valence-electron chi connectivity index (χ2n) is 8.08. The Morgan fingerprint density at radius 3 is 2.00 bits per heavy atom. The van der Waals surface area contributed by atoms with Crippen LogP contribution in [0.1, 0.15) is 86.5 Å². The van der Waals surface area contributed by atoms with Crippen LogP contribution in [0.2, 0.25) is 0 Å². The summed E-state index contributed by atoms with van der Waals surface area (Å²) in [5, 5.41) is 0. The minimum absolute atomic E-state index is 0.0736. The number of carbonyl (C=O) groups is 2. The summed E-state index contributed by atoms with van der Waals surface area (Å²) in [5.41, 5.74) is -1.06. The van der Waals surface area contributed by atoms with Crippen LogP contribution in [0.3, 0.4) is 0 Å². The molecule has 0 aliphatic heterocycles. The van der Waals surface area contributed by atoms with E-state index in [0.29, 0.717) is 6.42 Å². The predicted octanol–water partition coefficient (Wildman–Crippen LogP) is 4.65. The Labute approximate surface area is 141 Å². The van der Waals surface area contributed by atoms with Gasteiger partial charge in [-0.2, -0.15) is 0 Å². The third-order valence-electron chi connectivity index (χ3n) is 5.85. The Hall–Kier alpha value is -1.06. The summed E-state index contributed by atoms with van der Waals surface area (Å²) in [6.45, 7) is 11.8. The average Bonchev–Trinajstić information content (AvgIpc) is 2.53. The molecular weight excluding hydrogens is 292 g/mol. The molecule has 4 heteroatoms. The molecule has 1 fully saturated rings. The van der Waals surface area contributed by atoms with E-state index in [1.54, 1.807) is 0 Å². The van der Waals surface area contributed by atoms with Gasteiger partial charge in [-0.15, -0.1) is 0 Å².